The summed E-state index contributed by atoms with van der Waals surface area (Å²) in [5.41, 5.74) is 1.12. The molecule has 0 bridgehead atoms. The van der Waals surface area contributed by atoms with Gasteiger partial charge < -0.3 is 5.32 Å². The van der Waals surface area contributed by atoms with Gasteiger partial charge in [0.25, 0.3) is 0 Å². The molecule has 0 amide bonds. The molecule has 1 unspecified atom stereocenters. The van der Waals surface area contributed by atoms with Crippen LogP contribution in [0, 0.1) is 11.8 Å². The quantitative estimate of drug-likeness (QED) is 0.816. The van der Waals surface area contributed by atoms with E-state index in [-0.39, 0.29) is 6.04 Å². The standard InChI is InChI=1S/C15H19Cl2N/c1-9(12-3-2-4-13(16)14(12)17)18-15(10-5-6-10)11-7-8-11/h2-4,9-11,15,18H,5-8H2,1H3. The van der Waals surface area contributed by atoms with Crippen LogP contribution in [0.5, 0.6) is 0 Å². The van der Waals surface area contributed by atoms with Crippen LogP contribution >= 0.6 is 23.2 Å². The zero-order valence-corrected chi connectivity index (χ0v) is 12.1. The molecule has 0 heterocycles. The third kappa shape index (κ3) is 2.68. The first kappa shape index (κ1) is 12.8. The second kappa shape index (κ2) is 5.03. The smallest absolute Gasteiger partial charge is 0.0639 e. The number of rotatable bonds is 5. The second-order valence-electron chi connectivity index (χ2n) is 5.73. The molecular weight excluding hydrogens is 265 g/mol. The Morgan fingerprint density at radius 3 is 2.28 bits per heavy atom. The summed E-state index contributed by atoms with van der Waals surface area (Å²) in [6.45, 7) is 2.19. The molecule has 1 aromatic rings. The maximum atomic E-state index is 6.29. The van der Waals surface area contributed by atoms with Crippen LogP contribution in [0.25, 0.3) is 0 Å². The van der Waals surface area contributed by atoms with E-state index < -0.39 is 0 Å². The summed E-state index contributed by atoms with van der Waals surface area (Å²) in [4.78, 5) is 0. The summed E-state index contributed by atoms with van der Waals surface area (Å²) in [7, 11) is 0. The maximum Gasteiger partial charge on any atom is 0.0639 e. The minimum Gasteiger partial charge on any atom is -0.307 e. The molecule has 1 N–H and O–H groups in total. The minimum atomic E-state index is 0.280. The van der Waals surface area contributed by atoms with Crippen LogP contribution in [0.15, 0.2) is 18.2 Å². The third-order valence-corrected chi connectivity index (χ3v) is 4.98. The lowest BCUT2D eigenvalue weighted by molar-refractivity contribution is 0.377. The van der Waals surface area contributed by atoms with Crippen molar-refractivity contribution in [1.82, 2.24) is 5.32 Å². The van der Waals surface area contributed by atoms with Gasteiger partial charge in [-0.3, -0.25) is 0 Å². The molecule has 1 atom stereocenters. The lowest BCUT2D eigenvalue weighted by Crippen LogP contribution is -2.35. The van der Waals surface area contributed by atoms with Gasteiger partial charge >= 0.3 is 0 Å². The summed E-state index contributed by atoms with van der Waals surface area (Å²) in [5, 5.41) is 5.13. The lowest BCUT2D eigenvalue weighted by atomic mass is 10.0. The van der Waals surface area contributed by atoms with Crippen molar-refractivity contribution in [3.8, 4) is 0 Å². The van der Waals surface area contributed by atoms with Gasteiger partial charge in [0.1, 0.15) is 0 Å². The number of benzene rings is 1. The molecule has 1 nitrogen and oxygen atoms in total. The van der Waals surface area contributed by atoms with E-state index in [0.29, 0.717) is 16.1 Å². The normalized spacial score (nSPS) is 21.3. The molecule has 2 saturated carbocycles. The number of nitrogens with one attached hydrogen (secondary N) is 1. The Kier molecular flexibility index (Phi) is 3.57. The molecular formula is C15H19Cl2N. The first-order chi connectivity index (χ1) is 8.66. The van der Waals surface area contributed by atoms with Gasteiger partial charge in [0, 0.05) is 12.1 Å². The van der Waals surface area contributed by atoms with Crippen LogP contribution in [0.1, 0.15) is 44.2 Å². The van der Waals surface area contributed by atoms with E-state index in [0.717, 1.165) is 17.4 Å². The Morgan fingerprint density at radius 1 is 1.11 bits per heavy atom. The highest BCUT2D eigenvalue weighted by molar-refractivity contribution is 6.42. The molecule has 2 aliphatic rings. The third-order valence-electron chi connectivity index (χ3n) is 4.15. The van der Waals surface area contributed by atoms with E-state index in [1.54, 1.807) is 0 Å². The molecule has 3 rings (SSSR count). The van der Waals surface area contributed by atoms with Crippen molar-refractivity contribution in [1.29, 1.82) is 0 Å². The Hall–Kier alpha value is -0.240. The van der Waals surface area contributed by atoms with Crippen molar-refractivity contribution in [3.05, 3.63) is 33.8 Å². The van der Waals surface area contributed by atoms with Crippen LogP contribution in [0.4, 0.5) is 0 Å². The molecule has 2 fully saturated rings. The fraction of sp³-hybridized carbons (Fsp3) is 0.600. The molecule has 0 spiro atoms. The lowest BCUT2D eigenvalue weighted by Gasteiger charge is -2.24. The SMILES string of the molecule is CC(NC(C1CC1)C1CC1)c1cccc(Cl)c1Cl. The first-order valence-electron chi connectivity index (χ1n) is 6.87. The summed E-state index contributed by atoms with van der Waals surface area (Å²) >= 11 is 12.4. The van der Waals surface area contributed by atoms with Crippen LogP contribution < -0.4 is 5.32 Å². The van der Waals surface area contributed by atoms with Gasteiger partial charge in [0.05, 0.1) is 10.0 Å². The zero-order valence-electron chi connectivity index (χ0n) is 10.6. The van der Waals surface area contributed by atoms with Crippen molar-refractivity contribution in [2.45, 2.75) is 44.7 Å². The highest BCUT2D eigenvalue weighted by Gasteiger charge is 2.41. The van der Waals surface area contributed by atoms with Gasteiger partial charge in [-0.2, -0.15) is 0 Å². The average Bonchev–Trinajstić information content (AvgIpc) is 3.22. The van der Waals surface area contributed by atoms with E-state index in [4.69, 9.17) is 23.2 Å². The Bertz CT molecular complexity index is 426. The van der Waals surface area contributed by atoms with Gasteiger partial charge in [-0.1, -0.05) is 35.3 Å². The highest BCUT2D eigenvalue weighted by atomic mass is 35.5. The largest absolute Gasteiger partial charge is 0.307 e. The van der Waals surface area contributed by atoms with Crippen LogP contribution in [-0.4, -0.2) is 6.04 Å². The van der Waals surface area contributed by atoms with Gasteiger partial charge in [0.15, 0.2) is 0 Å². The number of hydrogen-bond acceptors (Lipinski definition) is 1. The van der Waals surface area contributed by atoms with Crippen molar-refractivity contribution in [2.75, 3.05) is 0 Å². The zero-order chi connectivity index (χ0) is 12.7. The molecule has 18 heavy (non-hydrogen) atoms. The topological polar surface area (TPSA) is 12.0 Å². The Balaban J connectivity index is 1.73. The predicted molar refractivity (Wildman–Crippen MR) is 77.2 cm³/mol. The molecule has 3 heteroatoms. The average molecular weight is 284 g/mol. The molecule has 0 saturated heterocycles. The van der Waals surface area contributed by atoms with Crippen molar-refractivity contribution < 1.29 is 0 Å². The van der Waals surface area contributed by atoms with Crippen LogP contribution in [0.3, 0.4) is 0 Å². The van der Waals surface area contributed by atoms with E-state index in [2.05, 4.69) is 18.3 Å². The van der Waals surface area contributed by atoms with E-state index in [1.807, 2.05) is 12.1 Å². The maximum absolute atomic E-state index is 6.29. The summed E-state index contributed by atoms with van der Waals surface area (Å²) in [6, 6.07) is 6.87. The highest BCUT2D eigenvalue weighted by Crippen LogP contribution is 2.45. The van der Waals surface area contributed by atoms with Gasteiger partial charge in [0.2, 0.25) is 0 Å². The van der Waals surface area contributed by atoms with Crippen LogP contribution in [0.2, 0.25) is 10.0 Å². The van der Waals surface area contributed by atoms with Gasteiger partial charge in [-0.05, 0) is 56.1 Å². The van der Waals surface area contributed by atoms with E-state index in [9.17, 15) is 0 Å². The van der Waals surface area contributed by atoms with Gasteiger partial charge in [-0.15, -0.1) is 0 Å². The Labute approximate surface area is 119 Å². The summed E-state index contributed by atoms with van der Waals surface area (Å²) in [6.07, 6.45) is 5.57. The second-order valence-corrected chi connectivity index (χ2v) is 6.52. The van der Waals surface area contributed by atoms with Crippen LogP contribution in [-0.2, 0) is 0 Å². The Morgan fingerprint density at radius 2 is 1.72 bits per heavy atom. The fourth-order valence-corrected chi connectivity index (χ4v) is 3.27. The molecule has 0 aliphatic heterocycles. The number of halogens is 2. The van der Waals surface area contributed by atoms with Gasteiger partial charge in [-0.25, -0.2) is 0 Å². The molecule has 0 aromatic heterocycles. The number of hydrogen-bond donors (Lipinski definition) is 1. The minimum absolute atomic E-state index is 0.280. The molecule has 98 valence electrons. The molecule has 0 radical (unpaired) electrons. The molecule has 2 aliphatic carbocycles. The van der Waals surface area contributed by atoms with Crippen molar-refractivity contribution in [3.63, 3.8) is 0 Å². The van der Waals surface area contributed by atoms with E-state index in [1.165, 1.54) is 25.7 Å². The first-order valence-corrected chi connectivity index (χ1v) is 7.62. The monoisotopic (exact) mass is 283 g/mol. The summed E-state index contributed by atoms with van der Waals surface area (Å²) in [5.74, 6) is 1.80. The molecule has 1 aromatic carbocycles. The fourth-order valence-electron chi connectivity index (χ4n) is 2.80. The predicted octanol–water partition coefficient (Wildman–Crippen LogP) is 4.83. The van der Waals surface area contributed by atoms with E-state index >= 15 is 0 Å². The summed E-state index contributed by atoms with van der Waals surface area (Å²) < 4.78 is 0. The van der Waals surface area contributed by atoms with Crippen molar-refractivity contribution >= 4 is 23.2 Å². The van der Waals surface area contributed by atoms with Crippen molar-refractivity contribution in [2.24, 2.45) is 11.8 Å².